The Hall–Kier alpha value is -2.24. The number of halogens is 1. The molecule has 1 aromatic heterocycles. The molecule has 0 amide bonds. The van der Waals surface area contributed by atoms with E-state index in [1.54, 1.807) is 12.1 Å². The number of fused-ring (bicyclic) bond motifs is 1. The summed E-state index contributed by atoms with van der Waals surface area (Å²) in [6, 6.07) is 4.85. The Labute approximate surface area is 103 Å². The first-order valence-corrected chi connectivity index (χ1v) is 5.51. The van der Waals surface area contributed by atoms with E-state index < -0.39 is 12.6 Å². The van der Waals surface area contributed by atoms with Gasteiger partial charge in [0, 0.05) is 18.1 Å². The molecule has 0 aliphatic rings. The molecule has 1 aromatic carbocycles. The van der Waals surface area contributed by atoms with Crippen molar-refractivity contribution in [1.82, 2.24) is 9.97 Å². The third kappa shape index (κ3) is 2.53. The largest absolute Gasteiger partial charge is 0.478 e. The molecular weight excluding hydrogens is 237 g/mol. The summed E-state index contributed by atoms with van der Waals surface area (Å²) in [7, 11) is 0. The van der Waals surface area contributed by atoms with Gasteiger partial charge in [0.25, 0.3) is 0 Å². The first-order chi connectivity index (χ1) is 8.72. The van der Waals surface area contributed by atoms with E-state index in [0.717, 1.165) is 0 Å². The summed E-state index contributed by atoms with van der Waals surface area (Å²) in [5.74, 6) is -0.638. The van der Waals surface area contributed by atoms with Crippen LogP contribution in [0.5, 0.6) is 0 Å². The van der Waals surface area contributed by atoms with Gasteiger partial charge in [-0.1, -0.05) is 6.07 Å². The van der Waals surface area contributed by atoms with Crippen LogP contribution >= 0.6 is 0 Å². The summed E-state index contributed by atoms with van der Waals surface area (Å²) in [4.78, 5) is 19.2. The average molecular weight is 249 g/mol. The van der Waals surface area contributed by atoms with Gasteiger partial charge in [-0.05, 0) is 18.6 Å². The van der Waals surface area contributed by atoms with Gasteiger partial charge in [0.05, 0.1) is 17.8 Å². The minimum atomic E-state index is -1.01. The normalized spacial score (nSPS) is 10.5. The second kappa shape index (κ2) is 5.39. The van der Waals surface area contributed by atoms with Crippen molar-refractivity contribution in [3.63, 3.8) is 0 Å². The molecule has 1 heterocycles. The molecule has 2 N–H and O–H groups in total. The zero-order valence-electron chi connectivity index (χ0n) is 9.56. The lowest BCUT2D eigenvalue weighted by Crippen LogP contribution is -2.06. The summed E-state index contributed by atoms with van der Waals surface area (Å²) in [5.41, 5.74) is 0.718. The van der Waals surface area contributed by atoms with Crippen LogP contribution in [-0.4, -0.2) is 34.3 Å². The van der Waals surface area contributed by atoms with Gasteiger partial charge in [0.1, 0.15) is 0 Å². The SMILES string of the molecule is O=C(O)c1cccc2nc(NCCCF)ncc12. The predicted octanol–water partition coefficient (Wildman–Crippen LogP) is 2.10. The maximum Gasteiger partial charge on any atom is 0.336 e. The maximum absolute atomic E-state index is 11.9. The van der Waals surface area contributed by atoms with Crippen molar-refractivity contribution in [3.05, 3.63) is 30.0 Å². The van der Waals surface area contributed by atoms with Gasteiger partial charge in [-0.2, -0.15) is 0 Å². The zero-order valence-corrected chi connectivity index (χ0v) is 9.56. The minimum absolute atomic E-state index is 0.169. The topological polar surface area (TPSA) is 75.1 Å². The highest BCUT2D eigenvalue weighted by Crippen LogP contribution is 2.17. The molecule has 0 saturated heterocycles. The smallest absolute Gasteiger partial charge is 0.336 e. The molecule has 0 saturated carbocycles. The fraction of sp³-hybridized carbons (Fsp3) is 0.250. The Morgan fingerprint density at radius 3 is 3.00 bits per heavy atom. The Bertz CT molecular complexity index is 574. The number of nitrogens with zero attached hydrogens (tertiary/aromatic N) is 2. The quantitative estimate of drug-likeness (QED) is 0.794. The van der Waals surface area contributed by atoms with Gasteiger partial charge in [-0.3, -0.25) is 4.39 Å². The number of carboxylic acid groups (broad SMARTS) is 1. The number of benzene rings is 1. The lowest BCUT2D eigenvalue weighted by atomic mass is 10.1. The van der Waals surface area contributed by atoms with E-state index in [1.807, 2.05) is 0 Å². The molecule has 0 spiro atoms. The molecule has 0 atom stereocenters. The number of carbonyl (C=O) groups is 1. The van der Waals surface area contributed by atoms with Crippen LogP contribution in [0.4, 0.5) is 10.3 Å². The molecule has 0 aliphatic heterocycles. The van der Waals surface area contributed by atoms with Gasteiger partial charge < -0.3 is 10.4 Å². The summed E-state index contributed by atoms with van der Waals surface area (Å²) in [6.45, 7) is 0.0460. The van der Waals surface area contributed by atoms with Crippen molar-refractivity contribution in [1.29, 1.82) is 0 Å². The van der Waals surface area contributed by atoms with E-state index in [2.05, 4.69) is 15.3 Å². The van der Waals surface area contributed by atoms with E-state index in [-0.39, 0.29) is 5.56 Å². The Kier molecular flexibility index (Phi) is 3.66. The Morgan fingerprint density at radius 2 is 2.28 bits per heavy atom. The van der Waals surface area contributed by atoms with Gasteiger partial charge in [-0.15, -0.1) is 0 Å². The van der Waals surface area contributed by atoms with Gasteiger partial charge in [0.2, 0.25) is 5.95 Å². The van der Waals surface area contributed by atoms with E-state index in [0.29, 0.717) is 29.8 Å². The average Bonchev–Trinajstić information content (AvgIpc) is 2.38. The van der Waals surface area contributed by atoms with Crippen molar-refractivity contribution < 1.29 is 14.3 Å². The number of rotatable bonds is 5. The number of hydrogen-bond donors (Lipinski definition) is 2. The van der Waals surface area contributed by atoms with Crippen LogP contribution in [0.2, 0.25) is 0 Å². The molecule has 2 aromatic rings. The highest BCUT2D eigenvalue weighted by molar-refractivity contribution is 6.02. The predicted molar refractivity (Wildman–Crippen MR) is 65.6 cm³/mol. The van der Waals surface area contributed by atoms with Crippen molar-refractivity contribution in [2.45, 2.75) is 6.42 Å². The third-order valence-electron chi connectivity index (χ3n) is 2.45. The molecule has 6 heteroatoms. The van der Waals surface area contributed by atoms with Crippen LogP contribution in [0.1, 0.15) is 16.8 Å². The molecular formula is C12H12FN3O2. The number of anilines is 1. The van der Waals surface area contributed by atoms with E-state index in [1.165, 1.54) is 12.3 Å². The van der Waals surface area contributed by atoms with Crippen LogP contribution in [0, 0.1) is 0 Å². The van der Waals surface area contributed by atoms with Crippen LogP contribution in [-0.2, 0) is 0 Å². The lowest BCUT2D eigenvalue weighted by molar-refractivity contribution is 0.0699. The Morgan fingerprint density at radius 1 is 1.44 bits per heavy atom. The first kappa shape index (κ1) is 12.2. The van der Waals surface area contributed by atoms with Gasteiger partial charge >= 0.3 is 5.97 Å². The second-order valence-corrected chi connectivity index (χ2v) is 3.71. The summed E-state index contributed by atoms with van der Waals surface area (Å²) < 4.78 is 11.9. The first-order valence-electron chi connectivity index (χ1n) is 5.51. The molecule has 18 heavy (non-hydrogen) atoms. The summed E-state index contributed by atoms with van der Waals surface area (Å²) in [6.07, 6.45) is 1.85. The second-order valence-electron chi connectivity index (χ2n) is 3.71. The summed E-state index contributed by atoms with van der Waals surface area (Å²) >= 11 is 0. The molecule has 0 bridgehead atoms. The molecule has 0 aliphatic carbocycles. The minimum Gasteiger partial charge on any atom is -0.478 e. The number of aromatic carboxylic acids is 1. The number of carboxylic acids is 1. The van der Waals surface area contributed by atoms with Crippen molar-refractivity contribution in [3.8, 4) is 0 Å². The third-order valence-corrected chi connectivity index (χ3v) is 2.45. The number of aromatic nitrogens is 2. The van der Waals surface area contributed by atoms with Crippen LogP contribution in [0.15, 0.2) is 24.4 Å². The molecule has 94 valence electrons. The number of hydrogen-bond acceptors (Lipinski definition) is 4. The molecule has 2 rings (SSSR count). The van der Waals surface area contributed by atoms with E-state index >= 15 is 0 Å². The van der Waals surface area contributed by atoms with Crippen molar-refractivity contribution in [2.75, 3.05) is 18.5 Å². The summed E-state index contributed by atoms with van der Waals surface area (Å²) in [5, 5.41) is 12.4. The van der Waals surface area contributed by atoms with Gasteiger partial charge in [0.15, 0.2) is 0 Å². The van der Waals surface area contributed by atoms with Crippen LogP contribution in [0.3, 0.4) is 0 Å². The standard InChI is InChI=1S/C12H12FN3O2/c13-5-2-6-14-12-15-7-9-8(11(17)18)3-1-4-10(9)16-12/h1,3-4,7H,2,5-6H2,(H,17,18)(H,14,15,16). The number of nitrogens with one attached hydrogen (secondary N) is 1. The lowest BCUT2D eigenvalue weighted by Gasteiger charge is -2.05. The van der Waals surface area contributed by atoms with Crippen LogP contribution in [0.25, 0.3) is 10.9 Å². The highest BCUT2D eigenvalue weighted by atomic mass is 19.1. The highest BCUT2D eigenvalue weighted by Gasteiger charge is 2.09. The van der Waals surface area contributed by atoms with Crippen LogP contribution < -0.4 is 5.32 Å². The van der Waals surface area contributed by atoms with Crippen molar-refractivity contribution in [2.24, 2.45) is 0 Å². The molecule has 0 fully saturated rings. The molecule has 5 nitrogen and oxygen atoms in total. The Balaban J connectivity index is 2.32. The zero-order chi connectivity index (χ0) is 13.0. The maximum atomic E-state index is 11.9. The van der Waals surface area contributed by atoms with Crippen molar-refractivity contribution >= 4 is 22.8 Å². The van der Waals surface area contributed by atoms with Gasteiger partial charge in [-0.25, -0.2) is 14.8 Å². The van der Waals surface area contributed by atoms with E-state index in [4.69, 9.17) is 5.11 Å². The fourth-order valence-electron chi connectivity index (χ4n) is 1.59. The monoisotopic (exact) mass is 249 g/mol. The fourth-order valence-corrected chi connectivity index (χ4v) is 1.59. The molecule has 0 radical (unpaired) electrons. The molecule has 0 unspecified atom stereocenters. The van der Waals surface area contributed by atoms with E-state index in [9.17, 15) is 9.18 Å². The number of alkyl halides is 1.